The quantitative estimate of drug-likeness (QED) is 0.620. The smallest absolute Gasteiger partial charge is 0.100 e. The molecule has 0 rings (SSSR count). The predicted molar refractivity (Wildman–Crippen MR) is 62.1 cm³/mol. The Kier molecular flexibility index (Phi) is 5.11. The van der Waals surface area contributed by atoms with Crippen molar-refractivity contribution in [2.45, 2.75) is 61.1 Å². The van der Waals surface area contributed by atoms with Crippen LogP contribution in [0.3, 0.4) is 0 Å². The van der Waals surface area contributed by atoms with E-state index in [9.17, 15) is 4.39 Å². The first-order valence-corrected chi connectivity index (χ1v) is 5.80. The molecule has 0 aromatic rings. The average Bonchev–Trinajstić information content (AvgIpc) is 1.96. The predicted octanol–water partition coefficient (Wildman–Crippen LogP) is 4.69. The number of hydrogen-bond acceptors (Lipinski definition) is 0. The van der Waals surface area contributed by atoms with Crippen LogP contribution < -0.4 is 0 Å². The average molecular weight is 202 g/mol. The van der Waals surface area contributed by atoms with Crippen LogP contribution in [0.25, 0.3) is 0 Å². The Morgan fingerprint density at radius 2 is 1.43 bits per heavy atom. The molecule has 0 nitrogen and oxygen atoms in total. The Labute approximate surface area is 89.3 Å². The topological polar surface area (TPSA) is 0 Å². The van der Waals surface area contributed by atoms with Gasteiger partial charge in [0.25, 0.3) is 0 Å². The van der Waals surface area contributed by atoms with Crippen LogP contribution >= 0.6 is 0 Å². The monoisotopic (exact) mass is 202 g/mol. The molecule has 0 heterocycles. The van der Waals surface area contributed by atoms with Gasteiger partial charge in [0.2, 0.25) is 0 Å². The third-order valence-electron chi connectivity index (χ3n) is 3.34. The van der Waals surface area contributed by atoms with Crippen LogP contribution in [-0.4, -0.2) is 6.17 Å². The van der Waals surface area contributed by atoms with Crippen LogP contribution in [0.5, 0.6) is 0 Å². The fourth-order valence-corrected chi connectivity index (χ4v) is 1.98. The number of alkyl halides is 1. The van der Waals surface area contributed by atoms with E-state index in [2.05, 4.69) is 41.5 Å². The molecule has 1 heteroatoms. The lowest BCUT2D eigenvalue weighted by Gasteiger charge is -2.36. The molecule has 0 aromatic heterocycles. The number of hydrogen-bond donors (Lipinski definition) is 0. The summed E-state index contributed by atoms with van der Waals surface area (Å²) in [6.07, 6.45) is 0.308. The van der Waals surface area contributed by atoms with E-state index in [0.717, 1.165) is 6.42 Å². The summed E-state index contributed by atoms with van der Waals surface area (Å²) in [6.45, 7) is 14.8. The van der Waals surface area contributed by atoms with E-state index in [4.69, 9.17) is 0 Å². The highest BCUT2D eigenvalue weighted by Crippen LogP contribution is 2.37. The van der Waals surface area contributed by atoms with Gasteiger partial charge in [0.1, 0.15) is 6.17 Å². The summed E-state index contributed by atoms with van der Waals surface area (Å²) < 4.78 is 13.5. The molecule has 0 bridgehead atoms. The molecule has 14 heavy (non-hydrogen) atoms. The highest BCUT2D eigenvalue weighted by Gasteiger charge is 2.32. The zero-order chi connectivity index (χ0) is 11.5. The third-order valence-corrected chi connectivity index (χ3v) is 3.34. The molecule has 0 aliphatic rings. The molecule has 0 aliphatic carbocycles. The molecule has 0 spiro atoms. The minimum absolute atomic E-state index is 0.204. The second kappa shape index (κ2) is 5.14. The summed E-state index contributed by atoms with van der Waals surface area (Å²) in [5.74, 6) is 1.22. The Hall–Kier alpha value is -0.0700. The van der Waals surface area contributed by atoms with E-state index in [1.807, 2.05) is 0 Å². The third kappa shape index (κ3) is 4.43. The SMILES string of the molecule is CC(C)CC(C(C)F)C(C)C(C)(C)C. The standard InChI is InChI=1S/C13H27F/c1-9(2)8-12(11(4)14)10(3)13(5,6)7/h9-12H,8H2,1-7H3. The van der Waals surface area contributed by atoms with Crippen molar-refractivity contribution in [3.63, 3.8) is 0 Å². The fraction of sp³-hybridized carbons (Fsp3) is 1.00. The fourth-order valence-electron chi connectivity index (χ4n) is 1.98. The van der Waals surface area contributed by atoms with E-state index in [-0.39, 0.29) is 11.3 Å². The van der Waals surface area contributed by atoms with Crippen molar-refractivity contribution < 1.29 is 4.39 Å². The zero-order valence-corrected chi connectivity index (χ0v) is 10.9. The molecule has 86 valence electrons. The maximum absolute atomic E-state index is 13.5. The summed E-state index contributed by atoms with van der Waals surface area (Å²) in [6, 6.07) is 0. The van der Waals surface area contributed by atoms with Gasteiger partial charge in [-0.1, -0.05) is 41.5 Å². The van der Waals surface area contributed by atoms with Crippen LogP contribution in [0.2, 0.25) is 0 Å². The molecule has 0 saturated carbocycles. The molecule has 0 N–H and O–H groups in total. The largest absolute Gasteiger partial charge is 0.247 e. The van der Waals surface area contributed by atoms with Gasteiger partial charge < -0.3 is 0 Å². The van der Waals surface area contributed by atoms with Gasteiger partial charge in [-0.05, 0) is 36.5 Å². The Bertz CT molecular complexity index is 153. The molecule has 3 unspecified atom stereocenters. The highest BCUT2D eigenvalue weighted by atomic mass is 19.1. The van der Waals surface area contributed by atoms with E-state index < -0.39 is 6.17 Å². The van der Waals surface area contributed by atoms with Crippen LogP contribution in [0.4, 0.5) is 4.39 Å². The summed E-state index contributed by atoms with van der Waals surface area (Å²) in [4.78, 5) is 0. The van der Waals surface area contributed by atoms with Crippen LogP contribution in [0.1, 0.15) is 54.9 Å². The summed E-state index contributed by atoms with van der Waals surface area (Å²) in [5, 5.41) is 0. The first-order chi connectivity index (χ1) is 6.16. The van der Waals surface area contributed by atoms with Gasteiger partial charge in [0, 0.05) is 0 Å². The normalized spacial score (nSPS) is 19.5. The van der Waals surface area contributed by atoms with Gasteiger partial charge in [0.05, 0.1) is 0 Å². The summed E-state index contributed by atoms with van der Waals surface area (Å²) in [7, 11) is 0. The number of rotatable bonds is 4. The lowest BCUT2D eigenvalue weighted by atomic mass is 9.70. The minimum Gasteiger partial charge on any atom is -0.247 e. The van der Waals surface area contributed by atoms with Crippen molar-refractivity contribution in [2.24, 2.45) is 23.2 Å². The van der Waals surface area contributed by atoms with E-state index in [1.165, 1.54) is 0 Å². The summed E-state index contributed by atoms with van der Waals surface area (Å²) >= 11 is 0. The van der Waals surface area contributed by atoms with E-state index >= 15 is 0 Å². The van der Waals surface area contributed by atoms with Gasteiger partial charge in [0.15, 0.2) is 0 Å². The van der Waals surface area contributed by atoms with Gasteiger partial charge in [-0.25, -0.2) is 4.39 Å². The summed E-state index contributed by atoms with van der Waals surface area (Å²) in [5.41, 5.74) is 0.208. The van der Waals surface area contributed by atoms with Crippen LogP contribution in [0, 0.1) is 23.2 Å². The van der Waals surface area contributed by atoms with E-state index in [0.29, 0.717) is 11.8 Å². The Balaban J connectivity index is 4.49. The molecule has 0 aliphatic heterocycles. The van der Waals surface area contributed by atoms with Crippen molar-refractivity contribution in [3.8, 4) is 0 Å². The van der Waals surface area contributed by atoms with Crippen molar-refractivity contribution in [1.82, 2.24) is 0 Å². The van der Waals surface area contributed by atoms with Gasteiger partial charge in [-0.2, -0.15) is 0 Å². The molecule has 0 radical (unpaired) electrons. The van der Waals surface area contributed by atoms with Gasteiger partial charge >= 0.3 is 0 Å². The van der Waals surface area contributed by atoms with Gasteiger partial charge in [-0.3, -0.25) is 0 Å². The Morgan fingerprint density at radius 1 is 1.00 bits per heavy atom. The number of halogens is 1. The maximum Gasteiger partial charge on any atom is 0.100 e. The lowest BCUT2D eigenvalue weighted by molar-refractivity contribution is 0.0889. The molecule has 0 saturated heterocycles. The molecule has 0 aromatic carbocycles. The highest BCUT2D eigenvalue weighted by molar-refractivity contribution is 4.81. The van der Waals surface area contributed by atoms with Crippen molar-refractivity contribution in [1.29, 1.82) is 0 Å². The molecular formula is C13H27F. The molecule has 0 fully saturated rings. The maximum atomic E-state index is 13.5. The first-order valence-electron chi connectivity index (χ1n) is 5.80. The Morgan fingerprint density at radius 3 is 1.64 bits per heavy atom. The lowest BCUT2D eigenvalue weighted by Crippen LogP contribution is -2.31. The molecule has 0 amide bonds. The molecule has 3 atom stereocenters. The van der Waals surface area contributed by atoms with Crippen LogP contribution in [0.15, 0.2) is 0 Å². The van der Waals surface area contributed by atoms with Crippen molar-refractivity contribution >= 4 is 0 Å². The first kappa shape index (κ1) is 13.9. The minimum atomic E-state index is -0.688. The molecular weight excluding hydrogens is 175 g/mol. The van der Waals surface area contributed by atoms with Gasteiger partial charge in [-0.15, -0.1) is 0 Å². The second-order valence-electron chi connectivity index (χ2n) is 6.13. The second-order valence-corrected chi connectivity index (χ2v) is 6.13. The van der Waals surface area contributed by atoms with E-state index in [1.54, 1.807) is 6.92 Å². The van der Waals surface area contributed by atoms with Crippen molar-refractivity contribution in [3.05, 3.63) is 0 Å². The van der Waals surface area contributed by atoms with Crippen LogP contribution in [-0.2, 0) is 0 Å². The zero-order valence-electron chi connectivity index (χ0n) is 10.9. The van der Waals surface area contributed by atoms with Crippen molar-refractivity contribution in [2.75, 3.05) is 0 Å².